The molecule has 1 aromatic rings. The zero-order valence-corrected chi connectivity index (χ0v) is 10.3. The number of halogens is 1. The molecule has 1 unspecified atom stereocenters. The molecule has 0 heterocycles. The second kappa shape index (κ2) is 5.07. The molecule has 0 bridgehead atoms. The minimum Gasteiger partial charge on any atom is -0.493 e. The first-order chi connectivity index (χ1) is 7.66. The topological polar surface area (TPSA) is 35.2 Å². The van der Waals surface area contributed by atoms with Gasteiger partial charge in [0.2, 0.25) is 0 Å². The third kappa shape index (κ3) is 2.69. The first kappa shape index (κ1) is 11.7. The fraction of sp³-hybridized carbons (Fsp3) is 0.538. The van der Waals surface area contributed by atoms with E-state index in [1.807, 2.05) is 25.1 Å². The molecule has 0 amide bonds. The smallest absolute Gasteiger partial charge is 0.124 e. The number of hydrogen-bond donors (Lipinski definition) is 1. The second-order valence-corrected chi connectivity index (χ2v) is 5.02. The fourth-order valence-electron chi connectivity index (χ4n) is 1.87. The molecule has 1 aliphatic rings. The summed E-state index contributed by atoms with van der Waals surface area (Å²) in [5, 5.41) is 0.711. The highest BCUT2D eigenvalue weighted by molar-refractivity contribution is 6.30. The van der Waals surface area contributed by atoms with Crippen molar-refractivity contribution < 1.29 is 4.74 Å². The zero-order chi connectivity index (χ0) is 11.5. The summed E-state index contributed by atoms with van der Waals surface area (Å²) in [4.78, 5) is 0. The van der Waals surface area contributed by atoms with E-state index in [9.17, 15) is 0 Å². The molecule has 0 aromatic heterocycles. The summed E-state index contributed by atoms with van der Waals surface area (Å²) in [6, 6.07) is 5.61. The largest absolute Gasteiger partial charge is 0.493 e. The monoisotopic (exact) mass is 239 g/mol. The molecule has 1 fully saturated rings. The zero-order valence-electron chi connectivity index (χ0n) is 9.58. The maximum absolute atomic E-state index is 5.95. The van der Waals surface area contributed by atoms with Crippen LogP contribution >= 0.6 is 11.6 Å². The first-order valence-corrected chi connectivity index (χ1v) is 6.22. The SMILES string of the molecule is CC(N)c1cc(Cl)ccc1OCC1CCC1. The molecule has 2 nitrogen and oxygen atoms in total. The molecule has 0 aliphatic heterocycles. The number of ether oxygens (including phenoxy) is 1. The third-order valence-corrected chi connectivity index (χ3v) is 3.40. The van der Waals surface area contributed by atoms with Crippen molar-refractivity contribution in [2.24, 2.45) is 11.7 Å². The molecule has 1 aromatic carbocycles. The molecule has 16 heavy (non-hydrogen) atoms. The lowest BCUT2D eigenvalue weighted by Crippen LogP contribution is -2.20. The summed E-state index contributed by atoms with van der Waals surface area (Å²) < 4.78 is 5.82. The minimum atomic E-state index is -0.0462. The van der Waals surface area contributed by atoms with Gasteiger partial charge in [-0.15, -0.1) is 0 Å². The van der Waals surface area contributed by atoms with Crippen molar-refractivity contribution in [2.45, 2.75) is 32.2 Å². The van der Waals surface area contributed by atoms with Gasteiger partial charge < -0.3 is 10.5 Å². The molecule has 0 spiro atoms. The quantitative estimate of drug-likeness (QED) is 0.872. The lowest BCUT2D eigenvalue weighted by molar-refractivity contribution is 0.179. The van der Waals surface area contributed by atoms with Crippen molar-refractivity contribution in [3.05, 3.63) is 28.8 Å². The maximum Gasteiger partial charge on any atom is 0.124 e. The highest BCUT2D eigenvalue weighted by Crippen LogP contribution is 2.30. The fourth-order valence-corrected chi connectivity index (χ4v) is 2.05. The summed E-state index contributed by atoms with van der Waals surface area (Å²) in [7, 11) is 0. The summed E-state index contributed by atoms with van der Waals surface area (Å²) in [6.45, 7) is 2.75. The average Bonchev–Trinajstić information content (AvgIpc) is 2.17. The van der Waals surface area contributed by atoms with E-state index in [0.717, 1.165) is 23.8 Å². The molecule has 2 N–H and O–H groups in total. The van der Waals surface area contributed by atoms with E-state index in [2.05, 4.69) is 0 Å². The van der Waals surface area contributed by atoms with Crippen molar-refractivity contribution >= 4 is 11.6 Å². The lowest BCUT2D eigenvalue weighted by atomic mass is 9.86. The van der Waals surface area contributed by atoms with Crippen LogP contribution in [0.15, 0.2) is 18.2 Å². The van der Waals surface area contributed by atoms with Gasteiger partial charge in [0.1, 0.15) is 5.75 Å². The van der Waals surface area contributed by atoms with Gasteiger partial charge in [-0.05, 0) is 43.9 Å². The van der Waals surface area contributed by atoms with Crippen molar-refractivity contribution in [1.82, 2.24) is 0 Å². The molecule has 1 aliphatic carbocycles. The van der Waals surface area contributed by atoms with Gasteiger partial charge in [-0.3, -0.25) is 0 Å². The first-order valence-electron chi connectivity index (χ1n) is 5.84. The summed E-state index contributed by atoms with van der Waals surface area (Å²) in [5.41, 5.74) is 6.89. The van der Waals surface area contributed by atoms with Crippen LogP contribution in [0.1, 0.15) is 37.8 Å². The van der Waals surface area contributed by atoms with Crippen LogP contribution in [0.25, 0.3) is 0 Å². The van der Waals surface area contributed by atoms with Crippen LogP contribution in [-0.2, 0) is 0 Å². The Labute approximate surface area is 102 Å². The van der Waals surface area contributed by atoms with E-state index >= 15 is 0 Å². The second-order valence-electron chi connectivity index (χ2n) is 4.58. The van der Waals surface area contributed by atoms with Crippen molar-refractivity contribution in [3.63, 3.8) is 0 Å². The molecule has 0 saturated heterocycles. The van der Waals surface area contributed by atoms with Gasteiger partial charge in [-0.25, -0.2) is 0 Å². The van der Waals surface area contributed by atoms with E-state index in [1.165, 1.54) is 19.3 Å². The van der Waals surface area contributed by atoms with Crippen LogP contribution in [0.4, 0.5) is 0 Å². The minimum absolute atomic E-state index is 0.0462. The number of nitrogens with two attached hydrogens (primary N) is 1. The van der Waals surface area contributed by atoms with Crippen LogP contribution in [0.5, 0.6) is 5.75 Å². The van der Waals surface area contributed by atoms with Gasteiger partial charge in [0, 0.05) is 16.6 Å². The van der Waals surface area contributed by atoms with Gasteiger partial charge >= 0.3 is 0 Å². The Morgan fingerprint density at radius 3 is 2.81 bits per heavy atom. The van der Waals surface area contributed by atoms with E-state index in [0.29, 0.717) is 5.02 Å². The Hall–Kier alpha value is -0.730. The lowest BCUT2D eigenvalue weighted by Gasteiger charge is -2.26. The van der Waals surface area contributed by atoms with E-state index in [4.69, 9.17) is 22.1 Å². The van der Waals surface area contributed by atoms with E-state index in [1.54, 1.807) is 0 Å². The molecule has 1 saturated carbocycles. The molecular formula is C13H18ClNO. The van der Waals surface area contributed by atoms with Crippen LogP contribution < -0.4 is 10.5 Å². The predicted molar refractivity (Wildman–Crippen MR) is 66.9 cm³/mol. The average molecular weight is 240 g/mol. The molecule has 2 rings (SSSR count). The number of rotatable bonds is 4. The number of benzene rings is 1. The van der Waals surface area contributed by atoms with Crippen LogP contribution in [0.2, 0.25) is 5.02 Å². The Morgan fingerprint density at radius 1 is 1.50 bits per heavy atom. The van der Waals surface area contributed by atoms with Crippen LogP contribution in [0.3, 0.4) is 0 Å². The molecule has 88 valence electrons. The molecule has 3 heteroatoms. The van der Waals surface area contributed by atoms with E-state index < -0.39 is 0 Å². The third-order valence-electron chi connectivity index (χ3n) is 3.16. The predicted octanol–water partition coefficient (Wildman–Crippen LogP) is 3.54. The Kier molecular flexibility index (Phi) is 3.72. The van der Waals surface area contributed by atoms with Crippen molar-refractivity contribution in [3.8, 4) is 5.75 Å². The standard InChI is InChI=1S/C13H18ClNO/c1-9(15)12-7-11(14)5-6-13(12)16-8-10-3-2-4-10/h5-7,9-10H,2-4,8,15H2,1H3. The van der Waals surface area contributed by atoms with Gasteiger partial charge in [-0.2, -0.15) is 0 Å². The Bertz CT molecular complexity index is 361. The molecule has 1 atom stereocenters. The summed E-state index contributed by atoms with van der Waals surface area (Å²) >= 11 is 5.95. The van der Waals surface area contributed by atoms with Gasteiger partial charge in [0.05, 0.1) is 6.61 Å². The van der Waals surface area contributed by atoms with Gasteiger partial charge in [-0.1, -0.05) is 18.0 Å². The molecule has 0 radical (unpaired) electrons. The summed E-state index contributed by atoms with van der Waals surface area (Å²) in [6.07, 6.45) is 3.93. The van der Waals surface area contributed by atoms with E-state index in [-0.39, 0.29) is 6.04 Å². The number of hydrogen-bond acceptors (Lipinski definition) is 2. The highest BCUT2D eigenvalue weighted by atomic mass is 35.5. The Balaban J connectivity index is 2.05. The van der Waals surface area contributed by atoms with Crippen molar-refractivity contribution in [1.29, 1.82) is 0 Å². The van der Waals surface area contributed by atoms with Crippen LogP contribution in [-0.4, -0.2) is 6.61 Å². The summed E-state index contributed by atoms with van der Waals surface area (Å²) in [5.74, 6) is 1.61. The van der Waals surface area contributed by atoms with Gasteiger partial charge in [0.15, 0.2) is 0 Å². The highest BCUT2D eigenvalue weighted by Gasteiger charge is 2.19. The Morgan fingerprint density at radius 2 is 2.25 bits per heavy atom. The van der Waals surface area contributed by atoms with Gasteiger partial charge in [0.25, 0.3) is 0 Å². The normalized spacial score (nSPS) is 17.9. The maximum atomic E-state index is 5.95. The van der Waals surface area contributed by atoms with Crippen molar-refractivity contribution in [2.75, 3.05) is 6.61 Å². The molecular weight excluding hydrogens is 222 g/mol. The van der Waals surface area contributed by atoms with Crippen LogP contribution in [0, 0.1) is 5.92 Å².